The number of hydrogen-bond acceptors (Lipinski definition) is 5. The lowest BCUT2D eigenvalue weighted by molar-refractivity contribution is 0.109. The van der Waals surface area contributed by atoms with Gasteiger partial charge in [0.1, 0.15) is 11.1 Å². The van der Waals surface area contributed by atoms with Crippen LogP contribution in [-0.4, -0.2) is 18.9 Å². The smallest absolute Gasteiger partial charge is 0.346 e. The van der Waals surface area contributed by atoms with Crippen molar-refractivity contribution in [3.63, 3.8) is 0 Å². The topological polar surface area (TPSA) is 81.4 Å². The predicted octanol–water partition coefficient (Wildman–Crippen LogP) is 1.23. The number of fused-ring (bicyclic) bond motifs is 1. The van der Waals surface area contributed by atoms with Crippen molar-refractivity contribution >= 4 is 29.8 Å². The Labute approximate surface area is 94.7 Å². The van der Waals surface area contributed by atoms with E-state index in [1.165, 1.54) is 18.2 Å². The monoisotopic (exact) mass is 230 g/mol. The van der Waals surface area contributed by atoms with E-state index in [4.69, 9.17) is 4.42 Å². The molecule has 84 valence electrons. The molecule has 0 spiro atoms. The lowest BCUT2D eigenvalue weighted by Crippen LogP contribution is -2.06. The van der Waals surface area contributed by atoms with Gasteiger partial charge in [-0.15, -0.1) is 0 Å². The van der Waals surface area contributed by atoms with Crippen LogP contribution < -0.4 is 5.63 Å². The zero-order valence-corrected chi connectivity index (χ0v) is 8.51. The molecule has 1 aromatic carbocycles. The first-order chi connectivity index (χ1) is 8.19. The van der Waals surface area contributed by atoms with Crippen LogP contribution in [0.2, 0.25) is 0 Å². The molecule has 0 aliphatic rings. The second-order valence-electron chi connectivity index (χ2n) is 3.36. The van der Waals surface area contributed by atoms with Gasteiger partial charge in [-0.25, -0.2) is 4.79 Å². The molecule has 5 heteroatoms. The third-order valence-electron chi connectivity index (χ3n) is 2.35. The fourth-order valence-corrected chi connectivity index (χ4v) is 1.50. The number of carbonyl (C=O) groups is 3. The summed E-state index contributed by atoms with van der Waals surface area (Å²) in [4.78, 5) is 43.3. The highest BCUT2D eigenvalue weighted by molar-refractivity contribution is 5.97. The Morgan fingerprint density at radius 1 is 0.824 bits per heavy atom. The summed E-state index contributed by atoms with van der Waals surface area (Å²) >= 11 is 0. The fourth-order valence-electron chi connectivity index (χ4n) is 1.50. The molecule has 5 nitrogen and oxygen atoms in total. The maximum atomic E-state index is 11.3. The van der Waals surface area contributed by atoms with Crippen molar-refractivity contribution in [1.82, 2.24) is 0 Å². The largest absolute Gasteiger partial charge is 0.422 e. The first-order valence-electron chi connectivity index (χ1n) is 4.67. The zero-order valence-electron chi connectivity index (χ0n) is 8.51. The SMILES string of the molecule is O=Cc1cc2cc(C=O)c(=O)oc2cc1C=O. The van der Waals surface area contributed by atoms with Crippen molar-refractivity contribution in [1.29, 1.82) is 0 Å². The summed E-state index contributed by atoms with van der Waals surface area (Å²) in [6, 6.07) is 4.00. The molecule has 0 aliphatic carbocycles. The van der Waals surface area contributed by atoms with E-state index in [2.05, 4.69) is 0 Å². The molecule has 0 bridgehead atoms. The Balaban J connectivity index is 2.87. The number of benzene rings is 1. The fraction of sp³-hybridized carbons (Fsp3) is 0. The van der Waals surface area contributed by atoms with E-state index in [-0.39, 0.29) is 22.3 Å². The highest BCUT2D eigenvalue weighted by atomic mass is 16.4. The van der Waals surface area contributed by atoms with Crippen LogP contribution in [-0.2, 0) is 0 Å². The summed E-state index contributed by atoms with van der Waals surface area (Å²) in [5.41, 5.74) is -0.433. The number of hydrogen-bond donors (Lipinski definition) is 0. The van der Waals surface area contributed by atoms with Gasteiger partial charge in [-0.1, -0.05) is 0 Å². The van der Waals surface area contributed by atoms with Crippen LogP contribution in [0.15, 0.2) is 27.4 Å². The van der Waals surface area contributed by atoms with E-state index in [9.17, 15) is 19.2 Å². The summed E-state index contributed by atoms with van der Waals surface area (Å²) in [6.07, 6.45) is 1.39. The van der Waals surface area contributed by atoms with Crippen molar-refractivity contribution in [3.05, 3.63) is 45.3 Å². The van der Waals surface area contributed by atoms with Gasteiger partial charge < -0.3 is 4.42 Å². The maximum Gasteiger partial charge on any atom is 0.346 e. The van der Waals surface area contributed by atoms with Crippen molar-refractivity contribution < 1.29 is 18.8 Å². The van der Waals surface area contributed by atoms with Crippen LogP contribution in [0, 0.1) is 0 Å². The second-order valence-corrected chi connectivity index (χ2v) is 3.36. The van der Waals surface area contributed by atoms with Crippen molar-refractivity contribution in [2.75, 3.05) is 0 Å². The van der Waals surface area contributed by atoms with E-state index in [1.807, 2.05) is 0 Å². The minimum absolute atomic E-state index is 0.131. The van der Waals surface area contributed by atoms with Crippen molar-refractivity contribution in [2.45, 2.75) is 0 Å². The third kappa shape index (κ3) is 1.78. The molecular formula is C12H6O5. The Morgan fingerprint density at radius 3 is 1.94 bits per heavy atom. The molecule has 0 saturated carbocycles. The van der Waals surface area contributed by atoms with Crippen LogP contribution >= 0.6 is 0 Å². The summed E-state index contributed by atoms with van der Waals surface area (Å²) in [5.74, 6) is 0. The second kappa shape index (κ2) is 4.13. The number of carbonyl (C=O) groups excluding carboxylic acids is 3. The molecule has 0 N–H and O–H groups in total. The van der Waals surface area contributed by atoms with E-state index in [0.29, 0.717) is 24.2 Å². The molecule has 0 unspecified atom stereocenters. The first-order valence-corrected chi connectivity index (χ1v) is 4.67. The van der Waals surface area contributed by atoms with Gasteiger partial charge in [0.05, 0.1) is 0 Å². The van der Waals surface area contributed by atoms with Gasteiger partial charge in [0.15, 0.2) is 18.9 Å². The van der Waals surface area contributed by atoms with E-state index < -0.39 is 5.63 Å². The Hall–Kier alpha value is -2.56. The Morgan fingerprint density at radius 2 is 1.35 bits per heavy atom. The molecule has 0 radical (unpaired) electrons. The molecular weight excluding hydrogens is 224 g/mol. The lowest BCUT2D eigenvalue weighted by Gasteiger charge is -2.01. The van der Waals surface area contributed by atoms with Crippen LogP contribution in [0.5, 0.6) is 0 Å². The molecule has 17 heavy (non-hydrogen) atoms. The van der Waals surface area contributed by atoms with Crippen LogP contribution in [0.1, 0.15) is 31.1 Å². The molecule has 2 aromatic rings. The maximum absolute atomic E-state index is 11.3. The van der Waals surface area contributed by atoms with E-state index in [0.717, 1.165) is 0 Å². The quantitative estimate of drug-likeness (QED) is 0.585. The van der Waals surface area contributed by atoms with Crippen molar-refractivity contribution in [3.8, 4) is 0 Å². The van der Waals surface area contributed by atoms with Gasteiger partial charge in [0.25, 0.3) is 0 Å². The van der Waals surface area contributed by atoms with E-state index >= 15 is 0 Å². The molecule has 0 fully saturated rings. The van der Waals surface area contributed by atoms with Crippen molar-refractivity contribution in [2.24, 2.45) is 0 Å². The third-order valence-corrected chi connectivity index (χ3v) is 2.35. The molecule has 0 atom stereocenters. The molecule has 2 rings (SSSR count). The van der Waals surface area contributed by atoms with Crippen LogP contribution in [0.3, 0.4) is 0 Å². The summed E-state index contributed by atoms with van der Waals surface area (Å²) < 4.78 is 4.86. The normalized spacial score (nSPS) is 10.1. The zero-order chi connectivity index (χ0) is 12.4. The van der Waals surface area contributed by atoms with Gasteiger partial charge in [-0.05, 0) is 18.2 Å². The minimum Gasteiger partial charge on any atom is -0.422 e. The molecule has 0 amide bonds. The van der Waals surface area contributed by atoms with Gasteiger partial charge in [-0.3, -0.25) is 14.4 Å². The average Bonchev–Trinajstić information content (AvgIpc) is 2.36. The highest BCUT2D eigenvalue weighted by Gasteiger charge is 2.08. The van der Waals surface area contributed by atoms with E-state index in [1.54, 1.807) is 0 Å². The van der Waals surface area contributed by atoms with Gasteiger partial charge >= 0.3 is 5.63 Å². The highest BCUT2D eigenvalue weighted by Crippen LogP contribution is 2.17. The standard InChI is InChI=1S/C12H6O5/c13-4-8-1-7-2-10(6-15)12(16)17-11(7)3-9(8)5-14/h1-6H. The molecule has 1 heterocycles. The summed E-state index contributed by atoms with van der Waals surface area (Å²) in [5, 5.41) is 0.416. The lowest BCUT2D eigenvalue weighted by atomic mass is 10.1. The molecule has 0 saturated heterocycles. The van der Waals surface area contributed by atoms with Gasteiger partial charge in [0.2, 0.25) is 0 Å². The summed E-state index contributed by atoms with van der Waals surface area (Å²) in [7, 11) is 0. The minimum atomic E-state index is -0.775. The summed E-state index contributed by atoms with van der Waals surface area (Å²) in [6.45, 7) is 0. The number of rotatable bonds is 3. The Bertz CT molecular complexity index is 681. The first kappa shape index (κ1) is 10.9. The van der Waals surface area contributed by atoms with Crippen LogP contribution in [0.4, 0.5) is 0 Å². The van der Waals surface area contributed by atoms with Crippen LogP contribution in [0.25, 0.3) is 11.0 Å². The van der Waals surface area contributed by atoms with Gasteiger partial charge in [-0.2, -0.15) is 0 Å². The average molecular weight is 230 g/mol. The predicted molar refractivity (Wildman–Crippen MR) is 58.6 cm³/mol. The molecule has 0 aliphatic heterocycles. The molecule has 1 aromatic heterocycles. The Kier molecular flexibility index (Phi) is 2.66. The number of aldehydes is 3. The van der Waals surface area contributed by atoms with Gasteiger partial charge in [0, 0.05) is 16.5 Å².